The van der Waals surface area contributed by atoms with Gasteiger partial charge in [0.25, 0.3) is 0 Å². The Kier molecular flexibility index (Phi) is 4.46. The van der Waals surface area contributed by atoms with Gasteiger partial charge in [0.05, 0.1) is 0 Å². The Bertz CT molecular complexity index is 827. The molecule has 25 heavy (non-hydrogen) atoms. The van der Waals surface area contributed by atoms with E-state index in [1.54, 1.807) is 0 Å². The van der Waals surface area contributed by atoms with Crippen LogP contribution in [0.3, 0.4) is 0 Å². The molecule has 0 amide bonds. The fourth-order valence-corrected chi connectivity index (χ4v) is 3.65. The summed E-state index contributed by atoms with van der Waals surface area (Å²) in [5, 5.41) is 0. The second kappa shape index (κ2) is 7.05. The monoisotopic (exact) mass is 333 g/mol. The first-order chi connectivity index (χ1) is 12.3. The second-order valence-corrected chi connectivity index (χ2v) is 6.71. The van der Waals surface area contributed by atoms with Crippen LogP contribution >= 0.6 is 0 Å². The number of aromatic nitrogens is 4. The summed E-state index contributed by atoms with van der Waals surface area (Å²) in [5.41, 5.74) is 3.59. The maximum absolute atomic E-state index is 4.69. The van der Waals surface area contributed by atoms with E-state index in [2.05, 4.69) is 49.9 Å². The lowest BCUT2D eigenvalue weighted by atomic mass is 9.96. The molecule has 1 fully saturated rings. The average Bonchev–Trinajstić information content (AvgIpc) is 3.11. The number of hydrogen-bond donors (Lipinski definition) is 0. The molecule has 0 unspecified atom stereocenters. The Morgan fingerprint density at radius 1 is 1.08 bits per heavy atom. The van der Waals surface area contributed by atoms with Crippen LogP contribution < -0.4 is 4.90 Å². The number of nitrogens with zero attached hydrogens (tertiary/aromatic N) is 5. The Morgan fingerprint density at radius 3 is 2.80 bits per heavy atom. The van der Waals surface area contributed by atoms with E-state index in [0.717, 1.165) is 25.3 Å². The van der Waals surface area contributed by atoms with E-state index in [4.69, 9.17) is 4.98 Å². The summed E-state index contributed by atoms with van der Waals surface area (Å²) in [4.78, 5) is 15.6. The van der Waals surface area contributed by atoms with Gasteiger partial charge in [0.2, 0.25) is 0 Å². The van der Waals surface area contributed by atoms with Crippen molar-refractivity contribution in [3.8, 4) is 0 Å². The first-order valence-electron chi connectivity index (χ1n) is 8.87. The highest BCUT2D eigenvalue weighted by atomic mass is 15.2. The number of piperidine rings is 1. The Labute approximate surface area is 148 Å². The lowest BCUT2D eigenvalue weighted by molar-refractivity contribution is 0.476. The topological polar surface area (TPSA) is 46.8 Å². The van der Waals surface area contributed by atoms with Gasteiger partial charge in [-0.2, -0.15) is 0 Å². The average molecular weight is 333 g/mol. The number of aryl methyl sites for hydroxylation is 1. The number of imidazole rings is 1. The zero-order chi connectivity index (χ0) is 17.1. The third-order valence-electron chi connectivity index (χ3n) is 4.88. The van der Waals surface area contributed by atoms with Gasteiger partial charge < -0.3 is 9.47 Å². The smallest absolute Gasteiger partial charge is 0.113 e. The van der Waals surface area contributed by atoms with E-state index >= 15 is 0 Å². The van der Waals surface area contributed by atoms with E-state index in [9.17, 15) is 0 Å². The predicted octanol–water partition coefficient (Wildman–Crippen LogP) is 3.41. The van der Waals surface area contributed by atoms with Crippen molar-refractivity contribution in [2.75, 3.05) is 18.0 Å². The highest BCUT2D eigenvalue weighted by Gasteiger charge is 2.25. The van der Waals surface area contributed by atoms with Crippen LogP contribution in [-0.2, 0) is 6.54 Å². The number of hydrogen-bond acceptors (Lipinski definition) is 4. The maximum atomic E-state index is 4.69. The fourth-order valence-electron chi connectivity index (χ4n) is 3.65. The van der Waals surface area contributed by atoms with E-state index in [1.165, 1.54) is 29.9 Å². The summed E-state index contributed by atoms with van der Waals surface area (Å²) >= 11 is 0. The number of pyridine rings is 2. The van der Waals surface area contributed by atoms with Crippen molar-refractivity contribution in [1.82, 2.24) is 19.5 Å². The van der Waals surface area contributed by atoms with Gasteiger partial charge in [0.1, 0.15) is 5.82 Å². The summed E-state index contributed by atoms with van der Waals surface area (Å²) in [6, 6.07) is 8.41. The summed E-state index contributed by atoms with van der Waals surface area (Å²) in [7, 11) is 0. The van der Waals surface area contributed by atoms with Crippen molar-refractivity contribution in [3.63, 3.8) is 0 Å². The lowest BCUT2D eigenvalue weighted by Gasteiger charge is -2.34. The molecule has 0 spiro atoms. The molecule has 0 bridgehead atoms. The van der Waals surface area contributed by atoms with Crippen LogP contribution in [0.25, 0.3) is 0 Å². The molecular weight excluding hydrogens is 310 g/mol. The van der Waals surface area contributed by atoms with E-state index in [-0.39, 0.29) is 0 Å². The number of anilines is 1. The van der Waals surface area contributed by atoms with Gasteiger partial charge in [-0.15, -0.1) is 0 Å². The molecule has 0 aromatic carbocycles. The van der Waals surface area contributed by atoms with Gasteiger partial charge >= 0.3 is 0 Å². The highest BCUT2D eigenvalue weighted by Crippen LogP contribution is 2.29. The molecule has 4 rings (SSSR count). The van der Waals surface area contributed by atoms with Crippen LogP contribution in [0.1, 0.15) is 35.8 Å². The minimum absolute atomic E-state index is 0.457. The molecule has 128 valence electrons. The van der Waals surface area contributed by atoms with Gasteiger partial charge in [-0.25, -0.2) is 4.98 Å². The quantitative estimate of drug-likeness (QED) is 0.734. The number of rotatable bonds is 4. The SMILES string of the molecule is Cc1cc(N2CCC[C@@H](c3nccn3Cc3ccncc3)C2)ccn1. The fraction of sp³-hybridized carbons (Fsp3) is 0.350. The van der Waals surface area contributed by atoms with Gasteiger partial charge in [0.15, 0.2) is 0 Å². The van der Waals surface area contributed by atoms with Crippen LogP contribution in [0, 0.1) is 6.92 Å². The largest absolute Gasteiger partial charge is 0.371 e. The molecule has 1 saturated heterocycles. The Balaban J connectivity index is 1.53. The molecule has 5 heteroatoms. The van der Waals surface area contributed by atoms with Crippen LogP contribution in [0.4, 0.5) is 5.69 Å². The summed E-state index contributed by atoms with van der Waals surface area (Å²) in [6.07, 6.45) is 12.0. The first-order valence-corrected chi connectivity index (χ1v) is 8.87. The third kappa shape index (κ3) is 3.55. The van der Waals surface area contributed by atoms with Crippen LogP contribution in [0.2, 0.25) is 0 Å². The van der Waals surface area contributed by atoms with Crippen molar-refractivity contribution in [2.24, 2.45) is 0 Å². The summed E-state index contributed by atoms with van der Waals surface area (Å²) < 4.78 is 2.28. The standard InChI is InChI=1S/C20H23N5/c1-16-13-19(6-9-22-16)24-11-2-3-18(15-24)20-23-10-12-25(20)14-17-4-7-21-8-5-17/h4-10,12-13,18H,2-3,11,14-15H2,1H3/t18-/m1/s1. The Morgan fingerprint density at radius 2 is 1.96 bits per heavy atom. The molecule has 1 aliphatic heterocycles. The first kappa shape index (κ1) is 15.8. The molecule has 5 nitrogen and oxygen atoms in total. The molecule has 1 aliphatic rings. The van der Waals surface area contributed by atoms with Crippen molar-refractivity contribution < 1.29 is 0 Å². The van der Waals surface area contributed by atoms with Crippen LogP contribution in [0.5, 0.6) is 0 Å². The normalized spacial score (nSPS) is 17.6. The van der Waals surface area contributed by atoms with Crippen LogP contribution in [-0.4, -0.2) is 32.6 Å². The summed E-state index contributed by atoms with van der Waals surface area (Å²) in [5.74, 6) is 1.64. The molecule has 0 radical (unpaired) electrons. The molecule has 0 N–H and O–H groups in total. The van der Waals surface area contributed by atoms with Gasteiger partial charge in [0, 0.05) is 67.9 Å². The zero-order valence-electron chi connectivity index (χ0n) is 14.5. The van der Waals surface area contributed by atoms with E-state index < -0.39 is 0 Å². The molecule has 0 aliphatic carbocycles. The highest BCUT2D eigenvalue weighted by molar-refractivity contribution is 5.47. The third-order valence-corrected chi connectivity index (χ3v) is 4.88. The predicted molar refractivity (Wildman–Crippen MR) is 98.7 cm³/mol. The molecule has 0 saturated carbocycles. The summed E-state index contributed by atoms with van der Waals surface area (Å²) in [6.45, 7) is 5.01. The van der Waals surface area contributed by atoms with Gasteiger partial charge in [-0.3, -0.25) is 9.97 Å². The minimum atomic E-state index is 0.457. The lowest BCUT2D eigenvalue weighted by Crippen LogP contribution is -2.35. The van der Waals surface area contributed by atoms with Crippen molar-refractivity contribution >= 4 is 5.69 Å². The molecule has 3 aromatic rings. The van der Waals surface area contributed by atoms with Gasteiger partial charge in [-0.1, -0.05) is 0 Å². The molecule has 3 aromatic heterocycles. The molecule has 1 atom stereocenters. The second-order valence-electron chi connectivity index (χ2n) is 6.71. The Hall–Kier alpha value is -2.69. The van der Waals surface area contributed by atoms with Crippen molar-refractivity contribution in [3.05, 3.63) is 72.3 Å². The van der Waals surface area contributed by atoms with Gasteiger partial charge in [-0.05, 0) is 49.6 Å². The molecule has 4 heterocycles. The maximum Gasteiger partial charge on any atom is 0.113 e. The van der Waals surface area contributed by atoms with E-state index in [1.807, 2.05) is 31.7 Å². The van der Waals surface area contributed by atoms with Crippen molar-refractivity contribution in [1.29, 1.82) is 0 Å². The zero-order valence-corrected chi connectivity index (χ0v) is 14.5. The van der Waals surface area contributed by atoms with Crippen molar-refractivity contribution in [2.45, 2.75) is 32.2 Å². The van der Waals surface area contributed by atoms with E-state index in [0.29, 0.717) is 5.92 Å². The minimum Gasteiger partial charge on any atom is -0.371 e. The van der Waals surface area contributed by atoms with Crippen LogP contribution in [0.15, 0.2) is 55.2 Å². The molecular formula is C20H23N5.